The maximum absolute atomic E-state index is 13.9. The van der Waals surface area contributed by atoms with E-state index in [4.69, 9.17) is 4.74 Å². The molecule has 0 radical (unpaired) electrons. The number of nitrogens with zero attached hydrogens (tertiary/aromatic N) is 3. The number of rotatable bonds is 7. The van der Waals surface area contributed by atoms with Crippen molar-refractivity contribution in [2.24, 2.45) is 0 Å². The van der Waals surface area contributed by atoms with Crippen LogP contribution in [0.5, 0.6) is 5.75 Å². The molecule has 3 rings (SSSR count). The van der Waals surface area contributed by atoms with Gasteiger partial charge in [0.1, 0.15) is 18.5 Å². The molecule has 0 bridgehead atoms. The average molecular weight is 448 g/mol. The number of aliphatic hydroxyl groups is 1. The number of aliphatic hydroxyl groups excluding tert-OH is 1. The summed E-state index contributed by atoms with van der Waals surface area (Å²) in [5.74, 6) is -0.0882. The minimum absolute atomic E-state index is 0. The molecule has 2 aromatic rings. The smallest absolute Gasteiger partial charge is 0.310 e. The zero-order valence-corrected chi connectivity index (χ0v) is 17.3. The number of hydrogen-bond acceptors (Lipinski definition) is 6. The lowest BCUT2D eigenvalue weighted by Gasteiger charge is -2.36. The molecule has 7 nitrogen and oxygen atoms in total. The number of halogens is 3. The fraction of sp³-hybridized carbons (Fsp3) is 0.368. The number of ether oxygens (including phenoxy) is 1. The molecular weight excluding hydrogens is 424 g/mol. The Kier molecular flexibility index (Phi) is 10.1. The normalized spacial score (nSPS) is 15.0. The fourth-order valence-corrected chi connectivity index (χ4v) is 3.15. The Labute approximate surface area is 181 Å². The van der Waals surface area contributed by atoms with E-state index in [9.17, 15) is 19.6 Å². The van der Waals surface area contributed by atoms with Crippen molar-refractivity contribution in [3.8, 4) is 5.75 Å². The van der Waals surface area contributed by atoms with Crippen LogP contribution in [0.25, 0.3) is 0 Å². The van der Waals surface area contributed by atoms with Crippen molar-refractivity contribution >= 4 is 36.2 Å². The largest absolute Gasteiger partial charge is 0.484 e. The number of anilines is 1. The lowest BCUT2D eigenvalue weighted by atomic mass is 10.2. The van der Waals surface area contributed by atoms with Crippen LogP contribution in [0.1, 0.15) is 0 Å². The maximum atomic E-state index is 13.9. The zero-order chi connectivity index (χ0) is 19.2. The number of nitro groups is 1. The van der Waals surface area contributed by atoms with Crippen LogP contribution in [0.2, 0.25) is 0 Å². The van der Waals surface area contributed by atoms with Gasteiger partial charge in [0.15, 0.2) is 5.75 Å². The van der Waals surface area contributed by atoms with Gasteiger partial charge in [-0.25, -0.2) is 4.39 Å². The Balaban J connectivity index is 0.00000210. The van der Waals surface area contributed by atoms with Crippen molar-refractivity contribution in [1.29, 1.82) is 0 Å². The van der Waals surface area contributed by atoms with Gasteiger partial charge in [0, 0.05) is 38.8 Å². The second-order valence-corrected chi connectivity index (χ2v) is 6.43. The first-order valence-electron chi connectivity index (χ1n) is 8.80. The summed E-state index contributed by atoms with van der Waals surface area (Å²) in [6.07, 6.45) is -0.773. The van der Waals surface area contributed by atoms with Crippen molar-refractivity contribution in [1.82, 2.24) is 4.90 Å². The van der Waals surface area contributed by atoms with Gasteiger partial charge in [-0.3, -0.25) is 15.0 Å². The molecule has 1 saturated heterocycles. The number of β-amino-alcohol motifs (C(OH)–C–C–N with tert-alkyl or cyclic N) is 1. The van der Waals surface area contributed by atoms with Crippen LogP contribution in [0.15, 0.2) is 48.5 Å². The minimum atomic E-state index is -0.773. The Morgan fingerprint density at radius 2 is 1.69 bits per heavy atom. The molecule has 0 aliphatic carbocycles. The standard InChI is InChI=1S/C19H22FN3O4.2ClH/c20-16-5-1-2-6-17(16)22-11-9-21(10-12-22)13-15(24)14-27-19-8-4-3-7-18(19)23(25)26;;/h1-8,15,24H,9-14H2;2*1H. The van der Waals surface area contributed by atoms with E-state index in [0.29, 0.717) is 38.4 Å². The number of benzene rings is 2. The summed E-state index contributed by atoms with van der Waals surface area (Å²) in [5.41, 5.74) is 0.473. The topological polar surface area (TPSA) is 79.1 Å². The summed E-state index contributed by atoms with van der Waals surface area (Å²) in [6.45, 7) is 3.08. The van der Waals surface area contributed by atoms with E-state index < -0.39 is 11.0 Å². The quantitative estimate of drug-likeness (QED) is 0.518. The summed E-state index contributed by atoms with van der Waals surface area (Å²) in [7, 11) is 0. The molecule has 1 atom stereocenters. The monoisotopic (exact) mass is 447 g/mol. The van der Waals surface area contributed by atoms with E-state index in [0.717, 1.165) is 0 Å². The number of nitro benzene ring substituents is 1. The highest BCUT2D eigenvalue weighted by Crippen LogP contribution is 2.26. The van der Waals surface area contributed by atoms with Gasteiger partial charge in [0.05, 0.1) is 10.6 Å². The minimum Gasteiger partial charge on any atom is -0.484 e. The van der Waals surface area contributed by atoms with Crippen molar-refractivity contribution < 1.29 is 19.2 Å². The van der Waals surface area contributed by atoms with Gasteiger partial charge in [0.25, 0.3) is 0 Å². The third-order valence-corrected chi connectivity index (χ3v) is 4.53. The second-order valence-electron chi connectivity index (χ2n) is 6.43. The molecule has 0 aromatic heterocycles. The number of hydrogen-bond donors (Lipinski definition) is 1. The van der Waals surface area contributed by atoms with Gasteiger partial charge >= 0.3 is 5.69 Å². The van der Waals surface area contributed by atoms with Crippen molar-refractivity contribution in [3.63, 3.8) is 0 Å². The number of para-hydroxylation sites is 3. The van der Waals surface area contributed by atoms with Crippen LogP contribution in [0, 0.1) is 15.9 Å². The van der Waals surface area contributed by atoms with Crippen LogP contribution >= 0.6 is 24.8 Å². The van der Waals surface area contributed by atoms with Crippen molar-refractivity contribution in [2.75, 3.05) is 44.2 Å². The van der Waals surface area contributed by atoms with Crippen LogP contribution in [0.3, 0.4) is 0 Å². The van der Waals surface area contributed by atoms with Gasteiger partial charge in [-0.15, -0.1) is 24.8 Å². The van der Waals surface area contributed by atoms with E-state index in [1.807, 2.05) is 11.0 Å². The first kappa shape index (κ1) is 24.9. The molecule has 10 heteroatoms. The zero-order valence-electron chi connectivity index (χ0n) is 15.6. The van der Waals surface area contributed by atoms with Crippen LogP contribution in [-0.2, 0) is 0 Å². The molecule has 0 saturated carbocycles. The van der Waals surface area contributed by atoms with E-state index in [1.54, 1.807) is 24.3 Å². The summed E-state index contributed by atoms with van der Waals surface area (Å²) in [4.78, 5) is 14.5. The lowest BCUT2D eigenvalue weighted by molar-refractivity contribution is -0.385. The van der Waals surface area contributed by atoms with Gasteiger partial charge in [0.2, 0.25) is 0 Å². The summed E-state index contributed by atoms with van der Waals surface area (Å²) in [6, 6.07) is 12.8. The van der Waals surface area contributed by atoms with Gasteiger partial charge in [-0.05, 0) is 18.2 Å². The Hall–Kier alpha value is -2.13. The van der Waals surface area contributed by atoms with Crippen LogP contribution in [0.4, 0.5) is 15.8 Å². The highest BCUT2D eigenvalue weighted by atomic mass is 35.5. The third kappa shape index (κ3) is 6.71. The average Bonchev–Trinajstić information content (AvgIpc) is 2.68. The Bertz CT molecular complexity index is 792. The highest BCUT2D eigenvalue weighted by molar-refractivity contribution is 5.85. The van der Waals surface area contributed by atoms with Gasteiger partial charge < -0.3 is 14.7 Å². The molecule has 1 heterocycles. The summed E-state index contributed by atoms with van der Waals surface area (Å²) in [5, 5.41) is 21.2. The summed E-state index contributed by atoms with van der Waals surface area (Å²) >= 11 is 0. The summed E-state index contributed by atoms with van der Waals surface area (Å²) < 4.78 is 19.3. The molecule has 29 heavy (non-hydrogen) atoms. The van der Waals surface area contributed by atoms with Crippen LogP contribution < -0.4 is 9.64 Å². The van der Waals surface area contributed by atoms with Crippen molar-refractivity contribution in [2.45, 2.75) is 6.10 Å². The molecule has 2 aromatic carbocycles. The second kappa shape index (κ2) is 11.8. The van der Waals surface area contributed by atoms with E-state index in [1.165, 1.54) is 18.2 Å². The molecule has 1 unspecified atom stereocenters. The molecule has 1 aliphatic heterocycles. The van der Waals surface area contributed by atoms with E-state index in [2.05, 4.69) is 4.90 Å². The molecule has 1 fully saturated rings. The van der Waals surface area contributed by atoms with E-state index in [-0.39, 0.29) is 48.7 Å². The van der Waals surface area contributed by atoms with Crippen LogP contribution in [-0.4, -0.2) is 60.4 Å². The van der Waals surface area contributed by atoms with Gasteiger partial charge in [-0.1, -0.05) is 24.3 Å². The SMILES string of the molecule is Cl.Cl.O=[N+]([O-])c1ccccc1OCC(O)CN1CCN(c2ccccc2F)CC1. The third-order valence-electron chi connectivity index (χ3n) is 4.53. The number of piperazine rings is 1. The maximum Gasteiger partial charge on any atom is 0.310 e. The Morgan fingerprint density at radius 3 is 2.34 bits per heavy atom. The molecule has 1 N–H and O–H groups in total. The van der Waals surface area contributed by atoms with Crippen molar-refractivity contribution in [3.05, 3.63) is 64.5 Å². The first-order chi connectivity index (χ1) is 13.0. The molecule has 160 valence electrons. The van der Waals surface area contributed by atoms with Gasteiger partial charge in [-0.2, -0.15) is 0 Å². The molecule has 1 aliphatic rings. The Morgan fingerprint density at radius 1 is 1.07 bits per heavy atom. The van der Waals surface area contributed by atoms with E-state index >= 15 is 0 Å². The highest BCUT2D eigenvalue weighted by Gasteiger charge is 2.22. The predicted octanol–water partition coefficient (Wildman–Crippen LogP) is 3.14. The molecule has 0 spiro atoms. The first-order valence-corrected chi connectivity index (χ1v) is 8.80. The molecular formula is C19H24Cl2FN3O4. The fourth-order valence-electron chi connectivity index (χ4n) is 3.15. The lowest BCUT2D eigenvalue weighted by Crippen LogP contribution is -2.49. The molecule has 0 amide bonds. The predicted molar refractivity (Wildman–Crippen MR) is 114 cm³/mol.